The number of rotatable bonds is 4. The maximum Gasteiger partial charge on any atom is 0.413 e. The minimum absolute atomic E-state index is 0.471. The molecule has 1 aromatic rings. The SMILES string of the molecule is CCC/C=C\c1csc(NC(=O)OC(C)(C)C)n1. The van der Waals surface area contributed by atoms with Gasteiger partial charge >= 0.3 is 6.09 Å². The molecule has 0 radical (unpaired) electrons. The number of thiazole rings is 1. The lowest BCUT2D eigenvalue weighted by atomic mass is 10.2. The van der Waals surface area contributed by atoms with E-state index in [1.165, 1.54) is 11.3 Å². The number of carbonyl (C=O) groups excluding carboxylic acids is 1. The van der Waals surface area contributed by atoms with Crippen LogP contribution in [-0.2, 0) is 4.74 Å². The van der Waals surface area contributed by atoms with E-state index in [1.54, 1.807) is 0 Å². The smallest absolute Gasteiger partial charge is 0.413 e. The zero-order valence-corrected chi connectivity index (χ0v) is 12.1. The maximum atomic E-state index is 11.5. The van der Waals surface area contributed by atoms with Gasteiger partial charge in [-0.15, -0.1) is 11.3 Å². The van der Waals surface area contributed by atoms with Gasteiger partial charge in [-0.3, -0.25) is 5.32 Å². The number of unbranched alkanes of at least 4 members (excludes halogenated alkanes) is 1. The zero-order chi connectivity index (χ0) is 13.6. The third-order valence-electron chi connectivity index (χ3n) is 1.87. The number of nitrogens with zero attached hydrogens (tertiary/aromatic N) is 1. The Morgan fingerprint density at radius 1 is 1.56 bits per heavy atom. The molecule has 100 valence electrons. The van der Waals surface area contributed by atoms with E-state index in [9.17, 15) is 4.79 Å². The third kappa shape index (κ3) is 5.82. The van der Waals surface area contributed by atoms with Gasteiger partial charge in [-0.05, 0) is 33.3 Å². The number of hydrogen-bond donors (Lipinski definition) is 1. The highest BCUT2D eigenvalue weighted by atomic mass is 32.1. The van der Waals surface area contributed by atoms with Crippen molar-refractivity contribution >= 4 is 28.6 Å². The van der Waals surface area contributed by atoms with Crippen LogP contribution in [-0.4, -0.2) is 16.7 Å². The second kappa shape index (κ2) is 6.54. The highest BCUT2D eigenvalue weighted by Crippen LogP contribution is 2.18. The lowest BCUT2D eigenvalue weighted by Crippen LogP contribution is -2.27. The van der Waals surface area contributed by atoms with Gasteiger partial charge in [0.1, 0.15) is 5.60 Å². The highest BCUT2D eigenvalue weighted by Gasteiger charge is 2.16. The van der Waals surface area contributed by atoms with Crippen LogP contribution in [0.2, 0.25) is 0 Å². The predicted octanol–water partition coefficient (Wildman–Crippen LogP) is 4.30. The van der Waals surface area contributed by atoms with Gasteiger partial charge in [0.05, 0.1) is 5.69 Å². The molecule has 0 aliphatic carbocycles. The molecule has 0 aliphatic rings. The fraction of sp³-hybridized carbons (Fsp3) is 0.538. The lowest BCUT2D eigenvalue weighted by Gasteiger charge is -2.18. The standard InChI is InChI=1S/C13H20N2O2S/c1-5-6-7-8-10-9-18-11(14-10)15-12(16)17-13(2,3)4/h7-9H,5-6H2,1-4H3,(H,14,15,16)/b8-7-. The molecule has 1 heterocycles. The van der Waals surface area contributed by atoms with Crippen molar-refractivity contribution < 1.29 is 9.53 Å². The van der Waals surface area contributed by atoms with Crippen LogP contribution >= 0.6 is 11.3 Å². The van der Waals surface area contributed by atoms with E-state index in [0.29, 0.717) is 5.13 Å². The fourth-order valence-electron chi connectivity index (χ4n) is 1.18. The average Bonchev–Trinajstić information content (AvgIpc) is 2.63. The van der Waals surface area contributed by atoms with Crippen molar-refractivity contribution in [2.24, 2.45) is 0 Å². The van der Waals surface area contributed by atoms with Crippen LogP contribution in [0.1, 0.15) is 46.2 Å². The van der Waals surface area contributed by atoms with Crippen LogP contribution < -0.4 is 5.32 Å². The van der Waals surface area contributed by atoms with Crippen LogP contribution in [0.4, 0.5) is 9.93 Å². The van der Waals surface area contributed by atoms with Gasteiger partial charge in [0.15, 0.2) is 5.13 Å². The Bertz CT molecular complexity index is 419. The summed E-state index contributed by atoms with van der Waals surface area (Å²) in [6.07, 6.45) is 5.71. The second-order valence-electron chi connectivity index (χ2n) is 4.90. The van der Waals surface area contributed by atoms with E-state index >= 15 is 0 Å². The van der Waals surface area contributed by atoms with Gasteiger partial charge in [-0.1, -0.05) is 19.4 Å². The molecular weight excluding hydrogens is 248 g/mol. The summed E-state index contributed by atoms with van der Waals surface area (Å²) in [5.41, 5.74) is 0.366. The van der Waals surface area contributed by atoms with Gasteiger partial charge in [0, 0.05) is 5.38 Å². The van der Waals surface area contributed by atoms with E-state index in [4.69, 9.17) is 4.74 Å². The molecule has 0 bridgehead atoms. The monoisotopic (exact) mass is 268 g/mol. The topological polar surface area (TPSA) is 51.2 Å². The molecule has 0 fully saturated rings. The number of ether oxygens (including phenoxy) is 1. The van der Waals surface area contributed by atoms with Crippen LogP contribution in [0.5, 0.6) is 0 Å². The first-order chi connectivity index (χ1) is 8.40. The normalized spacial score (nSPS) is 11.8. The average molecular weight is 268 g/mol. The number of allylic oxidation sites excluding steroid dienone is 1. The first-order valence-electron chi connectivity index (χ1n) is 6.03. The summed E-state index contributed by atoms with van der Waals surface area (Å²) in [5, 5.41) is 5.08. The van der Waals surface area contributed by atoms with Crippen molar-refractivity contribution in [1.29, 1.82) is 0 Å². The number of aromatic nitrogens is 1. The summed E-state index contributed by atoms with van der Waals surface area (Å²) < 4.78 is 5.15. The largest absolute Gasteiger partial charge is 0.444 e. The number of anilines is 1. The summed E-state index contributed by atoms with van der Waals surface area (Å²) >= 11 is 1.39. The molecule has 0 unspecified atom stereocenters. The Hall–Kier alpha value is -1.36. The van der Waals surface area contributed by atoms with Crippen molar-refractivity contribution in [3.05, 3.63) is 17.2 Å². The molecule has 1 amide bonds. The Morgan fingerprint density at radius 3 is 2.89 bits per heavy atom. The van der Waals surface area contributed by atoms with E-state index in [2.05, 4.69) is 23.3 Å². The molecule has 18 heavy (non-hydrogen) atoms. The van der Waals surface area contributed by atoms with Gasteiger partial charge in [0.25, 0.3) is 0 Å². The molecule has 0 spiro atoms. The quantitative estimate of drug-likeness (QED) is 0.885. The Kier molecular flexibility index (Phi) is 5.34. The first-order valence-corrected chi connectivity index (χ1v) is 6.91. The maximum absolute atomic E-state index is 11.5. The molecule has 1 N–H and O–H groups in total. The van der Waals surface area contributed by atoms with Crippen molar-refractivity contribution in [1.82, 2.24) is 4.98 Å². The summed E-state index contributed by atoms with van der Waals surface area (Å²) in [7, 11) is 0. The molecule has 1 aromatic heterocycles. The second-order valence-corrected chi connectivity index (χ2v) is 5.75. The number of amides is 1. The summed E-state index contributed by atoms with van der Waals surface area (Å²) in [5.74, 6) is 0. The molecule has 0 saturated heterocycles. The molecule has 0 atom stereocenters. The van der Waals surface area contributed by atoms with E-state index in [0.717, 1.165) is 18.5 Å². The molecule has 0 aliphatic heterocycles. The Balaban J connectivity index is 2.51. The summed E-state index contributed by atoms with van der Waals surface area (Å²) in [4.78, 5) is 15.8. The Morgan fingerprint density at radius 2 is 2.28 bits per heavy atom. The van der Waals surface area contributed by atoms with E-state index in [-0.39, 0.29) is 0 Å². The van der Waals surface area contributed by atoms with Gasteiger partial charge < -0.3 is 4.74 Å². The van der Waals surface area contributed by atoms with Crippen molar-refractivity contribution in [2.45, 2.75) is 46.1 Å². The van der Waals surface area contributed by atoms with Crippen LogP contribution in [0.3, 0.4) is 0 Å². The van der Waals surface area contributed by atoms with Gasteiger partial charge in [-0.25, -0.2) is 9.78 Å². The van der Waals surface area contributed by atoms with Crippen molar-refractivity contribution in [2.75, 3.05) is 5.32 Å². The zero-order valence-electron chi connectivity index (χ0n) is 11.3. The molecule has 1 rings (SSSR count). The fourth-order valence-corrected chi connectivity index (χ4v) is 1.85. The molecule has 0 saturated carbocycles. The number of carbonyl (C=O) groups is 1. The highest BCUT2D eigenvalue weighted by molar-refractivity contribution is 7.14. The molecular formula is C13H20N2O2S. The van der Waals surface area contributed by atoms with Gasteiger partial charge in [-0.2, -0.15) is 0 Å². The van der Waals surface area contributed by atoms with Crippen molar-refractivity contribution in [3.63, 3.8) is 0 Å². The third-order valence-corrected chi connectivity index (χ3v) is 2.65. The van der Waals surface area contributed by atoms with Crippen LogP contribution in [0.15, 0.2) is 11.5 Å². The van der Waals surface area contributed by atoms with E-state index in [1.807, 2.05) is 32.2 Å². The minimum Gasteiger partial charge on any atom is -0.444 e. The Labute approximate surface area is 112 Å². The van der Waals surface area contributed by atoms with Crippen molar-refractivity contribution in [3.8, 4) is 0 Å². The minimum atomic E-state index is -0.495. The molecule has 0 aromatic carbocycles. The summed E-state index contributed by atoms with van der Waals surface area (Å²) in [6, 6.07) is 0. The number of hydrogen-bond acceptors (Lipinski definition) is 4. The van der Waals surface area contributed by atoms with Gasteiger partial charge in [0.2, 0.25) is 0 Å². The van der Waals surface area contributed by atoms with E-state index < -0.39 is 11.7 Å². The predicted molar refractivity (Wildman–Crippen MR) is 75.9 cm³/mol. The molecule has 5 heteroatoms. The van der Waals surface area contributed by atoms with Crippen LogP contribution in [0.25, 0.3) is 6.08 Å². The molecule has 4 nitrogen and oxygen atoms in total. The lowest BCUT2D eigenvalue weighted by molar-refractivity contribution is 0.0636. The number of nitrogens with one attached hydrogen (secondary N) is 1. The van der Waals surface area contributed by atoms with Crippen LogP contribution in [0, 0.1) is 0 Å². The summed E-state index contributed by atoms with van der Waals surface area (Å²) in [6.45, 7) is 7.61. The first kappa shape index (κ1) is 14.7.